The van der Waals surface area contributed by atoms with Crippen LogP contribution in [0.15, 0.2) is 16.6 Å². The molecule has 1 aliphatic rings. The second kappa shape index (κ2) is 6.36. The zero-order valence-electron chi connectivity index (χ0n) is 11.2. The number of rotatable bonds is 3. The first-order valence-electron chi connectivity index (χ1n) is 6.63. The topological polar surface area (TPSA) is 55.1 Å². The minimum Gasteiger partial charge on any atom is -0.391 e. The van der Waals surface area contributed by atoms with E-state index in [1.165, 1.54) is 0 Å². The molecule has 0 spiro atoms. The van der Waals surface area contributed by atoms with E-state index >= 15 is 0 Å². The lowest BCUT2D eigenvalue weighted by Crippen LogP contribution is -2.57. The fourth-order valence-corrected chi connectivity index (χ4v) is 3.28. The molecule has 1 fully saturated rings. The van der Waals surface area contributed by atoms with Crippen LogP contribution in [0.25, 0.3) is 0 Å². The molecule has 0 bridgehead atoms. The Bertz CT molecular complexity index is 565. The van der Waals surface area contributed by atoms with Gasteiger partial charge in [-0.3, -0.25) is 4.79 Å². The SMILES string of the molecule is NC(=S)C1(NC(=O)c2c(F)cc(Br)cc2F)CCCCC1. The van der Waals surface area contributed by atoms with Crippen molar-refractivity contribution in [1.29, 1.82) is 0 Å². The first-order chi connectivity index (χ1) is 9.85. The van der Waals surface area contributed by atoms with E-state index in [-0.39, 0.29) is 9.46 Å². The van der Waals surface area contributed by atoms with Crippen LogP contribution in [0.3, 0.4) is 0 Å². The van der Waals surface area contributed by atoms with Crippen LogP contribution in [-0.2, 0) is 0 Å². The lowest BCUT2D eigenvalue weighted by atomic mass is 9.81. The van der Waals surface area contributed by atoms with Gasteiger partial charge in [-0.2, -0.15) is 0 Å². The molecule has 0 unspecified atom stereocenters. The van der Waals surface area contributed by atoms with Crippen LogP contribution in [0.5, 0.6) is 0 Å². The Balaban J connectivity index is 2.30. The fourth-order valence-electron chi connectivity index (χ4n) is 2.63. The second-order valence-corrected chi connectivity index (χ2v) is 6.56. The molecule has 1 aliphatic carbocycles. The molecule has 0 radical (unpaired) electrons. The van der Waals surface area contributed by atoms with Gasteiger partial charge in [0.1, 0.15) is 17.2 Å². The molecule has 114 valence electrons. The molecule has 0 saturated heterocycles. The van der Waals surface area contributed by atoms with Crippen molar-refractivity contribution in [2.45, 2.75) is 37.6 Å². The first kappa shape index (κ1) is 16.3. The van der Waals surface area contributed by atoms with Crippen LogP contribution < -0.4 is 11.1 Å². The Labute approximate surface area is 135 Å². The normalized spacial score (nSPS) is 17.3. The average molecular weight is 377 g/mol. The minimum atomic E-state index is -0.923. The summed E-state index contributed by atoms with van der Waals surface area (Å²) in [6.07, 6.45) is 3.94. The molecule has 0 aliphatic heterocycles. The van der Waals surface area contributed by atoms with Gasteiger partial charge in [0.15, 0.2) is 0 Å². The summed E-state index contributed by atoms with van der Waals surface area (Å²) in [5, 5.41) is 2.65. The predicted octanol–water partition coefficient (Wildman–Crippen LogP) is 3.45. The van der Waals surface area contributed by atoms with E-state index in [0.29, 0.717) is 12.8 Å². The summed E-state index contributed by atoms with van der Waals surface area (Å²) in [5.41, 5.74) is 4.29. The summed E-state index contributed by atoms with van der Waals surface area (Å²) in [5.74, 6) is -2.67. The number of nitrogens with two attached hydrogens (primary N) is 1. The summed E-state index contributed by atoms with van der Waals surface area (Å²) < 4.78 is 27.9. The predicted molar refractivity (Wildman–Crippen MR) is 84.1 cm³/mol. The largest absolute Gasteiger partial charge is 0.391 e. The maximum atomic E-state index is 13.8. The number of carbonyl (C=O) groups is 1. The van der Waals surface area contributed by atoms with Gasteiger partial charge in [-0.1, -0.05) is 47.4 Å². The molecular weight excluding hydrogens is 362 g/mol. The van der Waals surface area contributed by atoms with E-state index in [9.17, 15) is 13.6 Å². The highest BCUT2D eigenvalue weighted by atomic mass is 79.9. The van der Waals surface area contributed by atoms with E-state index in [0.717, 1.165) is 31.4 Å². The highest BCUT2D eigenvalue weighted by molar-refractivity contribution is 9.10. The standard InChI is InChI=1S/C14H15BrF2N2OS/c15-8-6-9(16)11(10(17)7-8)12(20)19-14(13(18)21)4-2-1-3-5-14/h6-7H,1-5H2,(H2,18,21)(H,19,20). The molecule has 1 aromatic carbocycles. The lowest BCUT2D eigenvalue weighted by Gasteiger charge is -2.37. The van der Waals surface area contributed by atoms with Crippen LogP contribution in [0.4, 0.5) is 8.78 Å². The number of halogens is 3. The lowest BCUT2D eigenvalue weighted by molar-refractivity contribution is 0.0899. The fraction of sp³-hybridized carbons (Fsp3) is 0.429. The number of hydrogen-bond acceptors (Lipinski definition) is 2. The quantitative estimate of drug-likeness (QED) is 0.794. The molecule has 1 amide bonds. The van der Waals surface area contributed by atoms with Gasteiger partial charge < -0.3 is 11.1 Å². The van der Waals surface area contributed by atoms with Gasteiger partial charge in [0.2, 0.25) is 0 Å². The molecule has 7 heteroatoms. The third kappa shape index (κ3) is 3.40. The third-order valence-electron chi connectivity index (χ3n) is 3.77. The number of benzene rings is 1. The molecular formula is C14H15BrF2N2OS. The van der Waals surface area contributed by atoms with Crippen LogP contribution >= 0.6 is 28.1 Å². The van der Waals surface area contributed by atoms with Crippen LogP contribution in [0.2, 0.25) is 0 Å². The molecule has 0 atom stereocenters. The Morgan fingerprint density at radius 1 is 1.24 bits per heavy atom. The molecule has 1 aromatic rings. The Kier molecular flexibility index (Phi) is 4.93. The molecule has 3 nitrogen and oxygen atoms in total. The van der Waals surface area contributed by atoms with Gasteiger partial charge in [0.05, 0.1) is 10.5 Å². The van der Waals surface area contributed by atoms with Gasteiger partial charge in [-0.15, -0.1) is 0 Å². The number of amides is 1. The van der Waals surface area contributed by atoms with E-state index in [1.807, 2.05) is 0 Å². The second-order valence-electron chi connectivity index (χ2n) is 5.21. The van der Waals surface area contributed by atoms with E-state index in [2.05, 4.69) is 21.2 Å². The minimum absolute atomic E-state index is 0.161. The van der Waals surface area contributed by atoms with Crippen LogP contribution in [0, 0.1) is 11.6 Å². The number of carbonyl (C=O) groups excluding carboxylic acids is 1. The number of nitrogens with one attached hydrogen (secondary N) is 1. The van der Waals surface area contributed by atoms with Crippen molar-refractivity contribution in [3.05, 3.63) is 33.8 Å². The number of thiocarbonyl (C=S) groups is 1. The maximum Gasteiger partial charge on any atom is 0.258 e. The zero-order valence-corrected chi connectivity index (χ0v) is 13.6. The monoisotopic (exact) mass is 376 g/mol. The Morgan fingerprint density at radius 3 is 2.24 bits per heavy atom. The van der Waals surface area contributed by atoms with Gasteiger partial charge in [-0.25, -0.2) is 8.78 Å². The highest BCUT2D eigenvalue weighted by Gasteiger charge is 2.37. The molecule has 2 rings (SSSR count). The molecule has 21 heavy (non-hydrogen) atoms. The molecule has 3 N–H and O–H groups in total. The smallest absolute Gasteiger partial charge is 0.258 e. The van der Waals surface area contributed by atoms with Crippen LogP contribution in [0.1, 0.15) is 42.5 Å². The van der Waals surface area contributed by atoms with Crippen molar-refractivity contribution in [2.75, 3.05) is 0 Å². The summed E-state index contributed by atoms with van der Waals surface area (Å²) in [6, 6.07) is 2.10. The molecule has 0 heterocycles. The van der Waals surface area contributed by atoms with Crippen molar-refractivity contribution in [3.63, 3.8) is 0 Å². The van der Waals surface area contributed by atoms with Gasteiger partial charge in [0, 0.05) is 4.47 Å². The van der Waals surface area contributed by atoms with Crippen molar-refractivity contribution in [2.24, 2.45) is 5.73 Å². The Morgan fingerprint density at radius 2 is 1.76 bits per heavy atom. The molecule has 0 aromatic heterocycles. The van der Waals surface area contributed by atoms with Crippen molar-refractivity contribution in [1.82, 2.24) is 5.32 Å². The van der Waals surface area contributed by atoms with Gasteiger partial charge in [0.25, 0.3) is 5.91 Å². The summed E-state index contributed by atoms with van der Waals surface area (Å²) in [7, 11) is 0. The van der Waals surface area contributed by atoms with Crippen molar-refractivity contribution >= 4 is 39.0 Å². The average Bonchev–Trinajstić information content (AvgIpc) is 2.38. The highest BCUT2D eigenvalue weighted by Crippen LogP contribution is 2.29. The summed E-state index contributed by atoms with van der Waals surface area (Å²) >= 11 is 8.03. The maximum absolute atomic E-state index is 13.8. The van der Waals surface area contributed by atoms with E-state index in [1.54, 1.807) is 0 Å². The first-order valence-corrected chi connectivity index (χ1v) is 7.83. The van der Waals surface area contributed by atoms with E-state index < -0.39 is 28.6 Å². The van der Waals surface area contributed by atoms with Gasteiger partial charge in [-0.05, 0) is 25.0 Å². The third-order valence-corrected chi connectivity index (χ3v) is 4.61. The Hall–Kier alpha value is -1.08. The zero-order chi connectivity index (χ0) is 15.6. The van der Waals surface area contributed by atoms with Crippen molar-refractivity contribution < 1.29 is 13.6 Å². The van der Waals surface area contributed by atoms with Crippen LogP contribution in [-0.4, -0.2) is 16.4 Å². The molecule has 1 saturated carbocycles. The van der Waals surface area contributed by atoms with Gasteiger partial charge >= 0.3 is 0 Å². The number of hydrogen-bond donors (Lipinski definition) is 2. The summed E-state index contributed by atoms with van der Waals surface area (Å²) in [6.45, 7) is 0. The van der Waals surface area contributed by atoms with E-state index in [4.69, 9.17) is 18.0 Å². The summed E-state index contributed by atoms with van der Waals surface area (Å²) in [4.78, 5) is 12.4. The van der Waals surface area contributed by atoms with Crippen molar-refractivity contribution in [3.8, 4) is 0 Å².